The highest BCUT2D eigenvalue weighted by molar-refractivity contribution is 5.87. The molecule has 0 spiro atoms. The van der Waals surface area contributed by atoms with Gasteiger partial charge in [0.15, 0.2) is 5.78 Å². The van der Waals surface area contributed by atoms with Gasteiger partial charge in [0.1, 0.15) is 0 Å². The fourth-order valence-electron chi connectivity index (χ4n) is 1.84. The zero-order chi connectivity index (χ0) is 10.7. The van der Waals surface area contributed by atoms with Crippen LogP contribution in [0.5, 0.6) is 0 Å². The average Bonchev–Trinajstić information content (AvgIpc) is 2.82. The van der Waals surface area contributed by atoms with Crippen molar-refractivity contribution in [3.63, 3.8) is 0 Å². The Hall–Kier alpha value is -1.19. The highest BCUT2D eigenvalue weighted by Gasteiger charge is 2.28. The Labute approximate surface area is 89.2 Å². The van der Waals surface area contributed by atoms with Crippen molar-refractivity contribution in [1.29, 1.82) is 0 Å². The van der Waals surface area contributed by atoms with E-state index in [0.717, 1.165) is 12.0 Å². The molecule has 1 aromatic carbocycles. The van der Waals surface area contributed by atoms with E-state index in [-0.39, 0.29) is 11.7 Å². The molecule has 0 saturated carbocycles. The summed E-state index contributed by atoms with van der Waals surface area (Å²) in [6.07, 6.45) is 0.805. The molecular weight excluding hydrogens is 190 g/mol. The lowest BCUT2D eigenvalue weighted by molar-refractivity contribution is -0.124. The highest BCUT2D eigenvalue weighted by Crippen LogP contribution is 2.21. The minimum atomic E-state index is -0.502. The molecule has 3 nitrogen and oxygen atoms in total. The van der Waals surface area contributed by atoms with Gasteiger partial charge >= 0.3 is 0 Å². The number of ketones is 1. The van der Waals surface area contributed by atoms with Crippen LogP contribution in [0.2, 0.25) is 0 Å². The van der Waals surface area contributed by atoms with Crippen LogP contribution in [0.15, 0.2) is 30.3 Å². The quantitative estimate of drug-likeness (QED) is 0.809. The van der Waals surface area contributed by atoms with Gasteiger partial charge in [-0.1, -0.05) is 30.3 Å². The number of hydrogen-bond acceptors (Lipinski definition) is 3. The smallest absolute Gasteiger partial charge is 0.159 e. The van der Waals surface area contributed by atoms with Crippen molar-refractivity contribution in [3.8, 4) is 0 Å². The Morgan fingerprint density at radius 1 is 1.40 bits per heavy atom. The Balaban J connectivity index is 2.07. The predicted octanol–water partition coefficient (Wildman–Crippen LogP) is 1.29. The number of hydrogen-bond donors (Lipinski definition) is 1. The molecule has 1 heterocycles. The van der Waals surface area contributed by atoms with Crippen molar-refractivity contribution < 1.29 is 9.53 Å². The molecule has 2 rings (SSSR count). The summed E-state index contributed by atoms with van der Waals surface area (Å²) in [6.45, 7) is 1.21. The van der Waals surface area contributed by atoms with Gasteiger partial charge in [0.05, 0.1) is 12.6 Å². The molecule has 80 valence electrons. The van der Waals surface area contributed by atoms with Crippen LogP contribution in [-0.4, -0.2) is 19.0 Å². The van der Waals surface area contributed by atoms with E-state index < -0.39 is 6.04 Å². The van der Waals surface area contributed by atoms with Gasteiger partial charge in [-0.3, -0.25) is 4.79 Å². The summed E-state index contributed by atoms with van der Waals surface area (Å²) in [7, 11) is 0. The second kappa shape index (κ2) is 4.55. The lowest BCUT2D eigenvalue weighted by Crippen LogP contribution is -2.28. The molecule has 1 unspecified atom stereocenters. The van der Waals surface area contributed by atoms with Crippen molar-refractivity contribution in [2.75, 3.05) is 13.2 Å². The second-order valence-electron chi connectivity index (χ2n) is 3.85. The number of nitrogens with two attached hydrogens (primary N) is 1. The van der Waals surface area contributed by atoms with Crippen LogP contribution in [0.4, 0.5) is 0 Å². The number of carbonyl (C=O) groups is 1. The fraction of sp³-hybridized carbons (Fsp3) is 0.417. The first kappa shape index (κ1) is 10.3. The van der Waals surface area contributed by atoms with Crippen LogP contribution in [0.1, 0.15) is 18.0 Å². The molecule has 1 fully saturated rings. The van der Waals surface area contributed by atoms with Crippen LogP contribution < -0.4 is 5.73 Å². The minimum Gasteiger partial charge on any atom is -0.381 e. The molecule has 1 saturated heterocycles. The van der Waals surface area contributed by atoms with Gasteiger partial charge < -0.3 is 10.5 Å². The van der Waals surface area contributed by atoms with E-state index in [1.165, 1.54) is 0 Å². The zero-order valence-electron chi connectivity index (χ0n) is 8.56. The van der Waals surface area contributed by atoms with Crippen molar-refractivity contribution in [2.45, 2.75) is 12.5 Å². The lowest BCUT2D eigenvalue weighted by atomic mass is 9.93. The molecule has 0 radical (unpaired) electrons. The van der Waals surface area contributed by atoms with Gasteiger partial charge in [0.2, 0.25) is 0 Å². The van der Waals surface area contributed by atoms with Gasteiger partial charge in [0, 0.05) is 12.5 Å². The summed E-state index contributed by atoms with van der Waals surface area (Å²) in [6, 6.07) is 8.98. The Kier molecular flexibility index (Phi) is 3.14. The molecular formula is C12H15NO2. The maximum Gasteiger partial charge on any atom is 0.159 e. The molecule has 0 amide bonds. The zero-order valence-corrected chi connectivity index (χ0v) is 8.56. The number of Topliss-reactive ketones (excluding diaryl/α,β-unsaturated/α-hetero) is 1. The van der Waals surface area contributed by atoms with Gasteiger partial charge in [-0.05, 0) is 12.0 Å². The van der Waals surface area contributed by atoms with Gasteiger partial charge in [-0.2, -0.15) is 0 Å². The summed E-state index contributed by atoms with van der Waals surface area (Å²) < 4.78 is 5.19. The summed E-state index contributed by atoms with van der Waals surface area (Å²) in [5.41, 5.74) is 6.80. The number of benzene rings is 1. The van der Waals surface area contributed by atoms with Crippen LogP contribution in [0, 0.1) is 5.92 Å². The number of ether oxygens (including phenoxy) is 1. The largest absolute Gasteiger partial charge is 0.381 e. The minimum absolute atomic E-state index is 0.0137. The fourth-order valence-corrected chi connectivity index (χ4v) is 1.84. The topological polar surface area (TPSA) is 52.3 Å². The standard InChI is InChI=1S/C12H15NO2/c13-11(9-4-2-1-3-5-9)12(14)10-6-7-15-8-10/h1-5,10-11H,6-8,13H2/t10?,11-/m1/s1. The molecule has 1 aliphatic rings. The average molecular weight is 205 g/mol. The Bertz CT molecular complexity index is 331. The van der Waals surface area contributed by atoms with Crippen LogP contribution in [0.25, 0.3) is 0 Å². The summed E-state index contributed by atoms with van der Waals surface area (Å²) in [5.74, 6) is 0.0823. The molecule has 1 aliphatic heterocycles. The Morgan fingerprint density at radius 3 is 2.73 bits per heavy atom. The number of rotatable bonds is 3. The normalized spacial score (nSPS) is 22.6. The van der Waals surface area contributed by atoms with Crippen molar-refractivity contribution in [1.82, 2.24) is 0 Å². The SMILES string of the molecule is N[C@@H](C(=O)C1CCOC1)c1ccccc1. The third-order valence-corrected chi connectivity index (χ3v) is 2.80. The molecule has 2 atom stereocenters. The van der Waals surface area contributed by atoms with Gasteiger partial charge in [-0.15, -0.1) is 0 Å². The van der Waals surface area contributed by atoms with Gasteiger partial charge in [-0.25, -0.2) is 0 Å². The van der Waals surface area contributed by atoms with E-state index in [1.54, 1.807) is 0 Å². The first-order valence-corrected chi connectivity index (χ1v) is 5.21. The molecule has 3 heteroatoms. The van der Waals surface area contributed by atoms with Crippen LogP contribution >= 0.6 is 0 Å². The van der Waals surface area contributed by atoms with Crippen molar-refractivity contribution in [2.24, 2.45) is 11.7 Å². The summed E-state index contributed by atoms with van der Waals surface area (Å²) in [4.78, 5) is 11.9. The van der Waals surface area contributed by atoms with Crippen molar-refractivity contribution in [3.05, 3.63) is 35.9 Å². The van der Waals surface area contributed by atoms with Crippen molar-refractivity contribution >= 4 is 5.78 Å². The Morgan fingerprint density at radius 2 is 2.13 bits per heavy atom. The number of carbonyl (C=O) groups excluding carboxylic acids is 1. The maximum atomic E-state index is 11.9. The second-order valence-corrected chi connectivity index (χ2v) is 3.85. The summed E-state index contributed by atoms with van der Waals surface area (Å²) >= 11 is 0. The van der Waals surface area contributed by atoms with E-state index >= 15 is 0 Å². The molecule has 0 aromatic heterocycles. The van der Waals surface area contributed by atoms with Crippen LogP contribution in [-0.2, 0) is 9.53 Å². The van der Waals surface area contributed by atoms with E-state index in [0.29, 0.717) is 13.2 Å². The first-order valence-electron chi connectivity index (χ1n) is 5.21. The van der Waals surface area contributed by atoms with E-state index in [2.05, 4.69) is 0 Å². The van der Waals surface area contributed by atoms with E-state index in [4.69, 9.17) is 10.5 Å². The van der Waals surface area contributed by atoms with Crippen LogP contribution in [0.3, 0.4) is 0 Å². The lowest BCUT2D eigenvalue weighted by Gasteiger charge is -2.14. The molecule has 1 aromatic rings. The highest BCUT2D eigenvalue weighted by atomic mass is 16.5. The molecule has 2 N–H and O–H groups in total. The molecule has 0 aliphatic carbocycles. The van der Waals surface area contributed by atoms with Gasteiger partial charge in [0.25, 0.3) is 0 Å². The molecule has 15 heavy (non-hydrogen) atoms. The maximum absolute atomic E-state index is 11.9. The summed E-state index contributed by atoms with van der Waals surface area (Å²) in [5, 5.41) is 0. The van der Waals surface area contributed by atoms with E-state index in [9.17, 15) is 4.79 Å². The predicted molar refractivity (Wildman–Crippen MR) is 57.3 cm³/mol. The monoisotopic (exact) mass is 205 g/mol. The first-order chi connectivity index (χ1) is 7.29. The molecule has 0 bridgehead atoms. The third kappa shape index (κ3) is 2.25. The third-order valence-electron chi connectivity index (χ3n) is 2.80. The van der Waals surface area contributed by atoms with E-state index in [1.807, 2.05) is 30.3 Å².